The van der Waals surface area contributed by atoms with Crippen molar-refractivity contribution in [3.05, 3.63) is 0 Å². The van der Waals surface area contributed by atoms with Gasteiger partial charge in [0.25, 0.3) is 0 Å². The number of esters is 2. The number of unbranched alkanes of at least 4 members (excludes halogenated alkanes) is 1. The maximum atomic E-state index is 12.4. The fourth-order valence-electron chi connectivity index (χ4n) is 2.23. The van der Waals surface area contributed by atoms with Gasteiger partial charge in [0.2, 0.25) is 0 Å². The molecule has 0 saturated heterocycles. The number of carbonyl (C=O) groups excluding carboxylic acids is 2. The van der Waals surface area contributed by atoms with Crippen LogP contribution >= 0.6 is 0 Å². The van der Waals surface area contributed by atoms with E-state index in [0.29, 0.717) is 45.1 Å². The fourth-order valence-corrected chi connectivity index (χ4v) is 2.23. The highest BCUT2D eigenvalue weighted by Crippen LogP contribution is 2.23. The Bertz CT molecular complexity index is 410. The Morgan fingerprint density at radius 3 is 1.79 bits per heavy atom. The normalized spacial score (nSPS) is 14.8. The molecule has 0 aromatic heterocycles. The van der Waals surface area contributed by atoms with Crippen LogP contribution in [0.15, 0.2) is 0 Å². The van der Waals surface area contributed by atoms with Crippen LogP contribution in [0, 0.1) is 0 Å². The zero-order valence-electron chi connectivity index (χ0n) is 16.2. The summed E-state index contributed by atoms with van der Waals surface area (Å²) in [6.07, 6.45) is 3.19. The lowest BCUT2D eigenvalue weighted by molar-refractivity contribution is -0.162. The van der Waals surface area contributed by atoms with Crippen LogP contribution in [0.4, 0.5) is 0 Å². The molecule has 0 fully saturated rings. The summed E-state index contributed by atoms with van der Waals surface area (Å²) in [6.45, 7) is 11.4. The molecule has 0 aromatic rings. The van der Waals surface area contributed by atoms with Crippen LogP contribution in [0.5, 0.6) is 0 Å². The van der Waals surface area contributed by atoms with E-state index in [1.165, 1.54) is 0 Å². The van der Waals surface area contributed by atoms with Crippen LogP contribution in [0.25, 0.3) is 0 Å². The molecule has 1 unspecified atom stereocenters. The summed E-state index contributed by atoms with van der Waals surface area (Å²) in [5.74, 6) is -0.634. The molecule has 0 aliphatic heterocycles. The van der Waals surface area contributed by atoms with Crippen LogP contribution in [0.2, 0.25) is 0 Å². The first-order chi connectivity index (χ1) is 10.8. The Morgan fingerprint density at radius 2 is 1.33 bits per heavy atom. The summed E-state index contributed by atoms with van der Waals surface area (Å²) >= 11 is 0. The Balaban J connectivity index is 4.52. The summed E-state index contributed by atoms with van der Waals surface area (Å²) in [5, 5.41) is 0. The van der Waals surface area contributed by atoms with Crippen molar-refractivity contribution in [2.75, 3.05) is 6.54 Å². The minimum absolute atomic E-state index is 0.232. The van der Waals surface area contributed by atoms with E-state index in [1.54, 1.807) is 0 Å². The van der Waals surface area contributed by atoms with Crippen LogP contribution in [-0.4, -0.2) is 35.2 Å². The largest absolute Gasteiger partial charge is 0.460 e. The average molecular weight is 344 g/mol. The van der Waals surface area contributed by atoms with E-state index in [2.05, 4.69) is 0 Å². The predicted molar refractivity (Wildman–Crippen MR) is 95.4 cm³/mol. The molecule has 0 amide bonds. The van der Waals surface area contributed by atoms with E-state index >= 15 is 0 Å². The minimum Gasteiger partial charge on any atom is -0.460 e. The Labute approximate surface area is 146 Å². The second-order valence-corrected chi connectivity index (χ2v) is 8.34. The predicted octanol–water partition coefficient (Wildman–Crippen LogP) is 2.67. The van der Waals surface area contributed by atoms with Gasteiger partial charge >= 0.3 is 11.9 Å². The first-order valence-corrected chi connectivity index (χ1v) is 8.73. The average Bonchev–Trinajstić information content (AvgIpc) is 2.37. The van der Waals surface area contributed by atoms with Gasteiger partial charge in [0.1, 0.15) is 16.7 Å². The van der Waals surface area contributed by atoms with Gasteiger partial charge in [-0.2, -0.15) is 0 Å². The van der Waals surface area contributed by atoms with E-state index in [1.807, 2.05) is 41.5 Å². The lowest BCUT2D eigenvalue weighted by Gasteiger charge is -2.31. The number of rotatable bonds is 9. The highest BCUT2D eigenvalue weighted by atomic mass is 16.6. The summed E-state index contributed by atoms with van der Waals surface area (Å²) < 4.78 is 10.7. The van der Waals surface area contributed by atoms with Gasteiger partial charge in [-0.1, -0.05) is 6.42 Å². The third-order valence-electron chi connectivity index (χ3n) is 3.31. The molecule has 4 N–H and O–H groups in total. The third-order valence-corrected chi connectivity index (χ3v) is 3.31. The molecule has 0 spiro atoms. The van der Waals surface area contributed by atoms with E-state index < -0.39 is 22.7 Å². The first-order valence-electron chi connectivity index (χ1n) is 8.73. The lowest BCUT2D eigenvalue weighted by atomic mass is 9.88. The Kier molecular flexibility index (Phi) is 8.93. The zero-order chi connectivity index (χ0) is 19.0. The molecule has 0 aliphatic rings. The smallest absolute Gasteiger partial charge is 0.326 e. The van der Waals surface area contributed by atoms with Crippen LogP contribution in [-0.2, 0) is 19.1 Å². The topological polar surface area (TPSA) is 105 Å². The molecule has 0 radical (unpaired) electrons. The van der Waals surface area contributed by atoms with Crippen molar-refractivity contribution in [1.82, 2.24) is 0 Å². The van der Waals surface area contributed by atoms with Crippen molar-refractivity contribution >= 4 is 11.9 Å². The second kappa shape index (κ2) is 9.37. The van der Waals surface area contributed by atoms with Crippen molar-refractivity contribution in [2.45, 2.75) is 96.8 Å². The molecule has 0 rings (SSSR count). The molecule has 142 valence electrons. The van der Waals surface area contributed by atoms with Gasteiger partial charge in [-0.15, -0.1) is 0 Å². The van der Waals surface area contributed by atoms with Gasteiger partial charge in [0, 0.05) is 6.42 Å². The maximum Gasteiger partial charge on any atom is 0.326 e. The van der Waals surface area contributed by atoms with Gasteiger partial charge in [-0.25, -0.2) is 0 Å². The zero-order valence-corrected chi connectivity index (χ0v) is 16.2. The summed E-state index contributed by atoms with van der Waals surface area (Å²) in [7, 11) is 0. The van der Waals surface area contributed by atoms with E-state index in [9.17, 15) is 9.59 Å². The summed E-state index contributed by atoms with van der Waals surface area (Å²) in [5.41, 5.74) is 9.74. The van der Waals surface area contributed by atoms with Gasteiger partial charge in [0.15, 0.2) is 0 Å². The molecular weight excluding hydrogens is 308 g/mol. The number of ether oxygens (including phenoxy) is 2. The second-order valence-electron chi connectivity index (χ2n) is 8.34. The third kappa shape index (κ3) is 10.6. The molecule has 0 heterocycles. The summed E-state index contributed by atoms with van der Waals surface area (Å²) in [6, 6.07) is 0. The van der Waals surface area contributed by atoms with E-state index in [4.69, 9.17) is 20.9 Å². The van der Waals surface area contributed by atoms with Gasteiger partial charge in [-0.3, -0.25) is 9.59 Å². The van der Waals surface area contributed by atoms with Crippen molar-refractivity contribution in [1.29, 1.82) is 0 Å². The molecular formula is C18H36N2O4. The number of hydrogen-bond donors (Lipinski definition) is 2. The molecule has 6 nitrogen and oxygen atoms in total. The van der Waals surface area contributed by atoms with Crippen LogP contribution in [0.3, 0.4) is 0 Å². The lowest BCUT2D eigenvalue weighted by Crippen LogP contribution is -2.51. The van der Waals surface area contributed by atoms with E-state index in [-0.39, 0.29) is 5.97 Å². The van der Waals surface area contributed by atoms with Crippen molar-refractivity contribution in [3.63, 3.8) is 0 Å². The summed E-state index contributed by atoms with van der Waals surface area (Å²) in [4.78, 5) is 24.1. The highest BCUT2D eigenvalue weighted by Gasteiger charge is 2.36. The monoisotopic (exact) mass is 344 g/mol. The SMILES string of the molecule is CC(C)(C)OC(=O)CCCCC(N)(CCCN)C(=O)OC(C)(C)C. The van der Waals surface area contributed by atoms with Crippen LogP contribution in [0.1, 0.15) is 80.1 Å². The standard InChI is InChI=1S/C18H36N2O4/c1-16(2,3)23-14(21)10-7-8-11-18(20,12-9-13-19)15(22)24-17(4,5)6/h7-13,19-20H2,1-6H3. The fraction of sp³-hybridized carbons (Fsp3) is 0.889. The Morgan fingerprint density at radius 1 is 0.833 bits per heavy atom. The Hall–Kier alpha value is -1.14. The molecule has 6 heteroatoms. The molecule has 0 aromatic carbocycles. The molecule has 0 aliphatic carbocycles. The molecule has 24 heavy (non-hydrogen) atoms. The van der Waals surface area contributed by atoms with Crippen molar-refractivity contribution < 1.29 is 19.1 Å². The van der Waals surface area contributed by atoms with Crippen LogP contribution < -0.4 is 11.5 Å². The number of carbonyl (C=O) groups is 2. The van der Waals surface area contributed by atoms with Gasteiger partial charge in [0.05, 0.1) is 0 Å². The minimum atomic E-state index is -1.05. The number of hydrogen-bond acceptors (Lipinski definition) is 6. The highest BCUT2D eigenvalue weighted by molar-refractivity contribution is 5.80. The van der Waals surface area contributed by atoms with Gasteiger partial charge < -0.3 is 20.9 Å². The molecule has 1 atom stereocenters. The maximum absolute atomic E-state index is 12.4. The first kappa shape index (κ1) is 22.9. The molecule has 0 saturated carbocycles. The van der Waals surface area contributed by atoms with Crippen molar-refractivity contribution in [3.8, 4) is 0 Å². The quantitative estimate of drug-likeness (QED) is 0.492. The van der Waals surface area contributed by atoms with Gasteiger partial charge in [-0.05, 0) is 73.8 Å². The van der Waals surface area contributed by atoms with Crippen molar-refractivity contribution in [2.24, 2.45) is 11.5 Å². The number of nitrogens with two attached hydrogens (primary N) is 2. The van der Waals surface area contributed by atoms with E-state index in [0.717, 1.165) is 0 Å². The molecule has 0 bridgehead atoms.